The number of nitrogens with one attached hydrogen (secondary N) is 1. The third-order valence-electron chi connectivity index (χ3n) is 3.72. The highest BCUT2D eigenvalue weighted by atomic mass is 32.2. The molecule has 1 atom stereocenters. The van der Waals surface area contributed by atoms with Gasteiger partial charge in [0, 0.05) is 11.0 Å². The predicted octanol–water partition coefficient (Wildman–Crippen LogP) is 2.93. The number of amides is 1. The summed E-state index contributed by atoms with van der Waals surface area (Å²) in [5, 5.41) is 2.92. The number of hydrogen-bond acceptors (Lipinski definition) is 5. The van der Waals surface area contributed by atoms with Crippen LogP contribution in [0.4, 0.5) is 5.69 Å². The lowest BCUT2D eigenvalue weighted by Crippen LogP contribution is -2.13. The highest BCUT2D eigenvalue weighted by Gasteiger charge is 2.31. The summed E-state index contributed by atoms with van der Waals surface area (Å²) in [6.07, 6.45) is 0. The summed E-state index contributed by atoms with van der Waals surface area (Å²) in [6, 6.07) is 11.5. The molecule has 0 radical (unpaired) electrons. The monoisotopic (exact) mass is 347 g/mol. The molecule has 0 spiro atoms. The zero-order chi connectivity index (χ0) is 16.0. The molecule has 4 rings (SSSR count). The van der Waals surface area contributed by atoms with Gasteiger partial charge < -0.3 is 10.1 Å². The van der Waals surface area contributed by atoms with Crippen LogP contribution in [0.15, 0.2) is 47.4 Å². The number of rotatable bonds is 3. The highest BCUT2D eigenvalue weighted by Crippen LogP contribution is 2.38. The van der Waals surface area contributed by atoms with E-state index in [0.29, 0.717) is 22.7 Å². The smallest absolute Gasteiger partial charge is 0.259 e. The average Bonchev–Trinajstić information content (AvgIpc) is 3.33. The minimum Gasteiger partial charge on any atom is -0.454 e. The highest BCUT2D eigenvalue weighted by molar-refractivity contribution is 8.08. The molecule has 1 saturated heterocycles. The van der Waals surface area contributed by atoms with Crippen molar-refractivity contribution >= 4 is 33.2 Å². The van der Waals surface area contributed by atoms with E-state index < -0.39 is 9.84 Å². The van der Waals surface area contributed by atoms with Crippen molar-refractivity contribution in [3.8, 4) is 11.5 Å². The van der Waals surface area contributed by atoms with E-state index in [0.717, 1.165) is 5.75 Å². The van der Waals surface area contributed by atoms with Crippen LogP contribution < -0.4 is 10.1 Å². The van der Waals surface area contributed by atoms with E-state index in [1.54, 1.807) is 42.1 Å². The Bertz CT molecular complexity index is 904. The normalized spacial score (nSPS) is 19.0. The number of carbonyl (C=O) groups excluding carboxylic acids is 1. The number of sulfone groups is 1. The second-order valence-corrected chi connectivity index (χ2v) is 8.81. The lowest BCUT2D eigenvalue weighted by molar-refractivity contribution is 0.102. The summed E-state index contributed by atoms with van der Waals surface area (Å²) in [6.45, 7) is 0. The van der Waals surface area contributed by atoms with Gasteiger partial charge in [-0.3, -0.25) is 4.79 Å². The van der Waals surface area contributed by atoms with Crippen LogP contribution in [0.2, 0.25) is 0 Å². The summed E-state index contributed by atoms with van der Waals surface area (Å²) in [5.41, 5.74) is 0.790. The second-order valence-electron chi connectivity index (χ2n) is 5.45. The van der Waals surface area contributed by atoms with Crippen molar-refractivity contribution in [2.45, 2.75) is 10.1 Å². The molecule has 2 aromatic rings. The molecule has 2 aliphatic heterocycles. The first-order valence-corrected chi connectivity index (χ1v) is 9.80. The first-order chi connectivity index (χ1) is 11.0. The zero-order valence-electron chi connectivity index (χ0n) is 12.0. The van der Waals surface area contributed by atoms with Crippen LogP contribution in [0.5, 0.6) is 11.5 Å². The van der Waals surface area contributed by atoms with Crippen molar-refractivity contribution in [3.63, 3.8) is 0 Å². The van der Waals surface area contributed by atoms with Crippen molar-refractivity contribution in [3.05, 3.63) is 48.0 Å². The van der Waals surface area contributed by atoms with Gasteiger partial charge in [0.2, 0.25) is 0 Å². The third-order valence-corrected chi connectivity index (χ3v) is 6.71. The van der Waals surface area contributed by atoms with E-state index in [1.165, 1.54) is 12.1 Å². The fourth-order valence-electron chi connectivity index (χ4n) is 2.45. The fraction of sp³-hybridized carbons (Fsp3) is 0.188. The molecule has 23 heavy (non-hydrogen) atoms. The van der Waals surface area contributed by atoms with Crippen LogP contribution in [-0.2, 0) is 9.84 Å². The van der Waals surface area contributed by atoms with E-state index in [-0.39, 0.29) is 21.8 Å². The number of ether oxygens (including phenoxy) is 1. The Labute approximate surface area is 138 Å². The van der Waals surface area contributed by atoms with Gasteiger partial charge in [0.1, 0.15) is 5.75 Å². The lowest BCUT2D eigenvalue weighted by Gasteiger charge is -2.10. The van der Waals surface area contributed by atoms with Gasteiger partial charge in [-0.15, -0.1) is 0 Å². The Kier molecular flexibility index (Phi) is 3.35. The molecule has 0 aromatic heterocycles. The maximum Gasteiger partial charge on any atom is 0.259 e. The lowest BCUT2D eigenvalue weighted by atomic mass is 10.2. The molecule has 1 amide bonds. The Morgan fingerprint density at radius 3 is 2.74 bits per heavy atom. The zero-order valence-corrected chi connectivity index (χ0v) is 13.6. The SMILES string of the molecule is O=C1Nc2cc(S(=O)(=O)CC3CS3)ccc2Oc2ccccc21. The van der Waals surface area contributed by atoms with Gasteiger partial charge in [0.15, 0.2) is 15.6 Å². The van der Waals surface area contributed by atoms with Gasteiger partial charge in [-0.1, -0.05) is 12.1 Å². The van der Waals surface area contributed by atoms with E-state index >= 15 is 0 Å². The predicted molar refractivity (Wildman–Crippen MR) is 89.2 cm³/mol. The molecule has 1 N–H and O–H groups in total. The molecule has 5 nitrogen and oxygen atoms in total. The number of thioether (sulfide) groups is 1. The fourth-order valence-corrected chi connectivity index (χ4v) is 5.14. The Balaban J connectivity index is 1.73. The molecule has 1 unspecified atom stereocenters. The minimum atomic E-state index is -3.35. The number of anilines is 1. The van der Waals surface area contributed by atoms with Crippen molar-refractivity contribution < 1.29 is 17.9 Å². The second kappa shape index (κ2) is 5.28. The van der Waals surface area contributed by atoms with Crippen LogP contribution in [0.25, 0.3) is 0 Å². The Hall–Kier alpha value is -1.99. The summed E-state index contributed by atoms with van der Waals surface area (Å²) < 4.78 is 30.5. The summed E-state index contributed by atoms with van der Waals surface area (Å²) in [4.78, 5) is 12.5. The first-order valence-electron chi connectivity index (χ1n) is 7.09. The van der Waals surface area contributed by atoms with Gasteiger partial charge >= 0.3 is 0 Å². The van der Waals surface area contributed by atoms with Crippen LogP contribution in [0.1, 0.15) is 10.4 Å². The number of benzene rings is 2. The van der Waals surface area contributed by atoms with Crippen molar-refractivity contribution in [1.29, 1.82) is 0 Å². The minimum absolute atomic E-state index is 0.130. The van der Waals surface area contributed by atoms with Crippen molar-refractivity contribution in [2.24, 2.45) is 0 Å². The topological polar surface area (TPSA) is 72.5 Å². The molecule has 0 bridgehead atoms. The molecule has 7 heteroatoms. The number of fused-ring (bicyclic) bond motifs is 2. The Morgan fingerprint density at radius 2 is 1.96 bits per heavy atom. The average molecular weight is 347 g/mol. The van der Waals surface area contributed by atoms with E-state index in [2.05, 4.69) is 5.32 Å². The number of hydrogen-bond donors (Lipinski definition) is 1. The molecule has 1 fully saturated rings. The van der Waals surface area contributed by atoms with Gasteiger partial charge in [-0.2, -0.15) is 11.8 Å². The van der Waals surface area contributed by atoms with Gasteiger partial charge in [-0.25, -0.2) is 8.42 Å². The summed E-state index contributed by atoms with van der Waals surface area (Å²) >= 11 is 1.64. The standard InChI is InChI=1S/C16H13NO4S2/c18-16-12-3-1-2-4-14(12)21-15-6-5-11(7-13(15)17-16)23(19,20)9-10-8-22-10/h1-7,10H,8-9H2,(H,17,18). The van der Waals surface area contributed by atoms with Gasteiger partial charge in [-0.05, 0) is 30.3 Å². The Morgan fingerprint density at radius 1 is 1.17 bits per heavy atom. The van der Waals surface area contributed by atoms with Gasteiger partial charge in [0.25, 0.3) is 5.91 Å². The van der Waals surface area contributed by atoms with Gasteiger partial charge in [0.05, 0.1) is 21.9 Å². The number of para-hydroxylation sites is 1. The van der Waals surface area contributed by atoms with Crippen molar-refractivity contribution in [1.82, 2.24) is 0 Å². The maximum atomic E-state index is 12.4. The van der Waals surface area contributed by atoms with Crippen LogP contribution in [0.3, 0.4) is 0 Å². The van der Waals surface area contributed by atoms with E-state index in [4.69, 9.17) is 4.74 Å². The van der Waals surface area contributed by atoms with E-state index in [9.17, 15) is 13.2 Å². The quantitative estimate of drug-likeness (QED) is 0.864. The summed E-state index contributed by atoms with van der Waals surface area (Å²) in [7, 11) is -3.35. The third kappa shape index (κ3) is 2.82. The molecular formula is C16H13NO4S2. The molecule has 2 aromatic carbocycles. The first kappa shape index (κ1) is 14.6. The molecule has 118 valence electrons. The van der Waals surface area contributed by atoms with Crippen LogP contribution in [0, 0.1) is 0 Å². The molecule has 0 aliphatic carbocycles. The molecular weight excluding hydrogens is 334 g/mol. The molecule has 0 saturated carbocycles. The van der Waals surface area contributed by atoms with Crippen LogP contribution >= 0.6 is 11.8 Å². The number of carbonyl (C=O) groups is 1. The van der Waals surface area contributed by atoms with Crippen LogP contribution in [-0.4, -0.2) is 31.1 Å². The largest absolute Gasteiger partial charge is 0.454 e. The van der Waals surface area contributed by atoms with Crippen molar-refractivity contribution in [2.75, 3.05) is 16.8 Å². The summed E-state index contributed by atoms with van der Waals surface area (Å²) in [5.74, 6) is 1.59. The van der Waals surface area contributed by atoms with E-state index in [1.807, 2.05) is 0 Å². The maximum absolute atomic E-state index is 12.4. The molecule has 2 aliphatic rings. The molecule has 2 heterocycles.